The molecule has 8 heteroatoms. The van der Waals surface area contributed by atoms with Crippen molar-refractivity contribution in [3.05, 3.63) is 46.4 Å². The first kappa shape index (κ1) is 14.0. The maximum absolute atomic E-state index is 13.5. The zero-order valence-electron chi connectivity index (χ0n) is 9.93. The van der Waals surface area contributed by atoms with Crippen LogP contribution in [0.25, 0.3) is 0 Å². The van der Waals surface area contributed by atoms with Gasteiger partial charge in [-0.2, -0.15) is 0 Å². The van der Waals surface area contributed by atoms with Crippen molar-refractivity contribution < 1.29 is 17.2 Å². The largest absolute Gasteiger partial charge is 0.424 e. The first-order valence-electron chi connectivity index (χ1n) is 5.30. The summed E-state index contributed by atoms with van der Waals surface area (Å²) < 4.78 is 42.4. The number of hydrogen-bond acceptors (Lipinski definition) is 5. The van der Waals surface area contributed by atoms with Gasteiger partial charge in [0.1, 0.15) is 11.6 Å². The molecule has 19 heavy (non-hydrogen) atoms. The van der Waals surface area contributed by atoms with Crippen LogP contribution in [0.5, 0.6) is 0 Å². The molecule has 0 radical (unpaired) electrons. The average Bonchev–Trinajstić information content (AvgIpc) is 2.69. The van der Waals surface area contributed by atoms with E-state index in [-0.39, 0.29) is 22.4 Å². The van der Waals surface area contributed by atoms with Gasteiger partial charge in [0.25, 0.3) is 0 Å². The Hall–Kier alpha value is -1.47. The molecule has 5 nitrogen and oxygen atoms in total. The van der Waals surface area contributed by atoms with Crippen LogP contribution in [0.3, 0.4) is 0 Å². The number of nitrogens with zero attached hydrogens (tertiary/aromatic N) is 2. The third-order valence-corrected chi connectivity index (χ3v) is 4.11. The summed E-state index contributed by atoms with van der Waals surface area (Å²) in [4.78, 5) is 0. The summed E-state index contributed by atoms with van der Waals surface area (Å²) in [5.41, 5.74) is -0.0552. The fourth-order valence-electron chi connectivity index (χ4n) is 1.53. The van der Waals surface area contributed by atoms with Crippen molar-refractivity contribution >= 4 is 21.4 Å². The van der Waals surface area contributed by atoms with E-state index in [0.29, 0.717) is 0 Å². The molecule has 0 aliphatic carbocycles. The number of halogens is 2. The Morgan fingerprint density at radius 3 is 2.63 bits per heavy atom. The molecule has 1 aromatic heterocycles. The minimum Gasteiger partial charge on any atom is -0.424 e. The van der Waals surface area contributed by atoms with E-state index in [0.717, 1.165) is 6.07 Å². The standard InChI is InChI=1S/C11H10ClFN2O3S/c1-7-14-15-11(18-7)6-19(16,17)5-8-9(12)3-2-4-10(8)13/h2-4H,5-6H2,1H3. The van der Waals surface area contributed by atoms with Crippen molar-refractivity contribution in [3.63, 3.8) is 0 Å². The van der Waals surface area contributed by atoms with Crippen molar-refractivity contribution in [3.8, 4) is 0 Å². The van der Waals surface area contributed by atoms with Crippen LogP contribution in [0.1, 0.15) is 17.3 Å². The molecular formula is C11H10ClFN2O3S. The van der Waals surface area contributed by atoms with Crippen molar-refractivity contribution in [2.24, 2.45) is 0 Å². The van der Waals surface area contributed by atoms with Gasteiger partial charge in [0.05, 0.1) is 5.75 Å². The number of hydrogen-bond donors (Lipinski definition) is 0. The van der Waals surface area contributed by atoms with Crippen molar-refractivity contribution in [2.75, 3.05) is 0 Å². The molecule has 1 aromatic carbocycles. The maximum atomic E-state index is 13.5. The van der Waals surface area contributed by atoms with E-state index < -0.39 is 27.2 Å². The molecule has 2 aromatic rings. The summed E-state index contributed by atoms with van der Waals surface area (Å²) in [6.45, 7) is 1.55. The van der Waals surface area contributed by atoms with Gasteiger partial charge in [-0.25, -0.2) is 12.8 Å². The normalized spacial score (nSPS) is 11.7. The van der Waals surface area contributed by atoms with Crippen molar-refractivity contribution in [1.29, 1.82) is 0 Å². The van der Waals surface area contributed by atoms with Crippen LogP contribution in [0.2, 0.25) is 5.02 Å². The van der Waals surface area contributed by atoms with E-state index in [4.69, 9.17) is 16.0 Å². The fourth-order valence-corrected chi connectivity index (χ4v) is 3.16. The highest BCUT2D eigenvalue weighted by Crippen LogP contribution is 2.22. The van der Waals surface area contributed by atoms with Crippen LogP contribution in [-0.2, 0) is 21.3 Å². The van der Waals surface area contributed by atoms with Gasteiger partial charge in [0.2, 0.25) is 11.8 Å². The smallest absolute Gasteiger partial charge is 0.231 e. The minimum absolute atomic E-state index is 0.0232. The van der Waals surface area contributed by atoms with Gasteiger partial charge < -0.3 is 4.42 Å². The summed E-state index contributed by atoms with van der Waals surface area (Å²) in [6, 6.07) is 4.01. The molecule has 0 fully saturated rings. The molecule has 2 rings (SSSR count). The predicted molar refractivity (Wildman–Crippen MR) is 66.8 cm³/mol. The highest BCUT2D eigenvalue weighted by Gasteiger charge is 2.20. The summed E-state index contributed by atoms with van der Waals surface area (Å²) in [5.74, 6) is -1.37. The second-order valence-corrected chi connectivity index (χ2v) is 6.42. The highest BCUT2D eigenvalue weighted by atomic mass is 35.5. The minimum atomic E-state index is -3.64. The van der Waals surface area contributed by atoms with Gasteiger partial charge in [-0.15, -0.1) is 10.2 Å². The molecule has 0 N–H and O–H groups in total. The van der Waals surface area contributed by atoms with E-state index in [1.807, 2.05) is 0 Å². The van der Waals surface area contributed by atoms with Gasteiger partial charge in [0, 0.05) is 17.5 Å². The van der Waals surface area contributed by atoms with E-state index in [1.54, 1.807) is 6.92 Å². The number of aromatic nitrogens is 2. The van der Waals surface area contributed by atoms with E-state index in [1.165, 1.54) is 12.1 Å². The fraction of sp³-hybridized carbons (Fsp3) is 0.273. The Morgan fingerprint density at radius 2 is 2.05 bits per heavy atom. The lowest BCUT2D eigenvalue weighted by Crippen LogP contribution is -2.09. The van der Waals surface area contributed by atoms with Crippen LogP contribution >= 0.6 is 11.6 Å². The third kappa shape index (κ3) is 3.51. The van der Waals surface area contributed by atoms with Gasteiger partial charge in [-0.3, -0.25) is 0 Å². The average molecular weight is 305 g/mol. The van der Waals surface area contributed by atoms with E-state index in [2.05, 4.69) is 10.2 Å². The van der Waals surface area contributed by atoms with Crippen LogP contribution < -0.4 is 0 Å². The van der Waals surface area contributed by atoms with Crippen molar-refractivity contribution in [1.82, 2.24) is 10.2 Å². The monoisotopic (exact) mass is 304 g/mol. The van der Waals surface area contributed by atoms with Crippen molar-refractivity contribution in [2.45, 2.75) is 18.4 Å². The van der Waals surface area contributed by atoms with Crippen LogP contribution in [0.4, 0.5) is 4.39 Å². The Balaban J connectivity index is 2.22. The Kier molecular flexibility index (Phi) is 3.86. The Labute approximate surface area is 114 Å². The second kappa shape index (κ2) is 5.26. The molecule has 0 saturated heterocycles. The molecule has 0 amide bonds. The summed E-state index contributed by atoms with van der Waals surface area (Å²) in [5, 5.41) is 7.20. The molecule has 0 saturated carbocycles. The third-order valence-electron chi connectivity index (χ3n) is 2.34. The molecule has 0 aliphatic heterocycles. The first-order chi connectivity index (χ1) is 8.87. The summed E-state index contributed by atoms with van der Waals surface area (Å²) in [6.07, 6.45) is 0. The Bertz CT molecular complexity index is 679. The molecule has 0 aliphatic rings. The topological polar surface area (TPSA) is 73.1 Å². The molecular weight excluding hydrogens is 295 g/mol. The zero-order valence-corrected chi connectivity index (χ0v) is 11.5. The number of sulfone groups is 1. The van der Waals surface area contributed by atoms with Crippen LogP contribution in [0.15, 0.2) is 22.6 Å². The molecule has 0 spiro atoms. The molecule has 0 atom stereocenters. The molecule has 1 heterocycles. The van der Waals surface area contributed by atoms with Crippen LogP contribution in [0, 0.1) is 12.7 Å². The highest BCUT2D eigenvalue weighted by molar-refractivity contribution is 7.89. The molecule has 0 unspecified atom stereocenters. The number of rotatable bonds is 4. The lowest BCUT2D eigenvalue weighted by molar-refractivity contribution is 0.479. The molecule has 0 bridgehead atoms. The van der Waals surface area contributed by atoms with E-state index in [9.17, 15) is 12.8 Å². The zero-order chi connectivity index (χ0) is 14.0. The number of benzene rings is 1. The molecule has 102 valence electrons. The van der Waals surface area contributed by atoms with Gasteiger partial charge in [0.15, 0.2) is 9.84 Å². The number of aryl methyl sites for hydroxylation is 1. The first-order valence-corrected chi connectivity index (χ1v) is 7.49. The van der Waals surface area contributed by atoms with E-state index >= 15 is 0 Å². The SMILES string of the molecule is Cc1nnc(CS(=O)(=O)Cc2c(F)cccc2Cl)o1. The quantitative estimate of drug-likeness (QED) is 0.866. The lowest BCUT2D eigenvalue weighted by atomic mass is 10.2. The van der Waals surface area contributed by atoms with Gasteiger partial charge >= 0.3 is 0 Å². The van der Waals surface area contributed by atoms with Gasteiger partial charge in [-0.1, -0.05) is 17.7 Å². The maximum Gasteiger partial charge on any atom is 0.231 e. The lowest BCUT2D eigenvalue weighted by Gasteiger charge is -2.05. The second-order valence-electron chi connectivity index (χ2n) is 3.95. The summed E-state index contributed by atoms with van der Waals surface area (Å²) >= 11 is 5.79. The van der Waals surface area contributed by atoms with Gasteiger partial charge in [-0.05, 0) is 12.1 Å². The Morgan fingerprint density at radius 1 is 1.32 bits per heavy atom. The van der Waals surface area contributed by atoms with Crippen LogP contribution in [-0.4, -0.2) is 18.6 Å². The predicted octanol–water partition coefficient (Wildman–Crippen LogP) is 2.29. The summed E-state index contributed by atoms with van der Waals surface area (Å²) in [7, 11) is -3.64.